The Bertz CT molecular complexity index is 161. The van der Waals surface area contributed by atoms with Crippen molar-refractivity contribution in [3.05, 3.63) is 11.6 Å². The van der Waals surface area contributed by atoms with Crippen LogP contribution in [-0.4, -0.2) is 12.6 Å². The van der Waals surface area contributed by atoms with Crippen LogP contribution in [0.15, 0.2) is 11.6 Å². The van der Waals surface area contributed by atoms with Crippen molar-refractivity contribution in [2.24, 2.45) is 5.41 Å². The van der Waals surface area contributed by atoms with Crippen LogP contribution in [0.2, 0.25) is 0 Å². The monoisotopic (exact) mass is 176 g/mol. The maximum atomic E-state index is 11.1. The molecule has 0 aromatic heterocycles. The van der Waals surface area contributed by atoms with E-state index in [0.717, 1.165) is 0 Å². The van der Waals surface area contributed by atoms with Crippen molar-refractivity contribution in [1.82, 2.24) is 0 Å². The van der Waals surface area contributed by atoms with Gasteiger partial charge in [0.05, 0.1) is 12.0 Å². The van der Waals surface area contributed by atoms with Crippen LogP contribution in [0.4, 0.5) is 0 Å². The van der Waals surface area contributed by atoms with Crippen LogP contribution in [0.1, 0.15) is 20.8 Å². The average Bonchev–Trinajstić information content (AvgIpc) is 1.88. The van der Waals surface area contributed by atoms with Gasteiger partial charge in [-0.05, 0) is 20.8 Å². The van der Waals surface area contributed by atoms with Gasteiger partial charge in [0.1, 0.15) is 0 Å². The normalized spacial score (nSPS) is 12.0. The molecule has 0 saturated heterocycles. The van der Waals surface area contributed by atoms with Crippen LogP contribution in [-0.2, 0) is 9.53 Å². The first-order chi connectivity index (χ1) is 5.04. The predicted molar refractivity (Wildman–Crippen MR) is 45.4 cm³/mol. The molecule has 11 heavy (non-hydrogen) atoms. The zero-order valence-electron chi connectivity index (χ0n) is 7.06. The van der Waals surface area contributed by atoms with Crippen LogP contribution in [0.3, 0.4) is 0 Å². The molecule has 0 amide bonds. The summed E-state index contributed by atoms with van der Waals surface area (Å²) in [5, 5.41) is 0. The van der Waals surface area contributed by atoms with Crippen LogP contribution in [0.5, 0.6) is 0 Å². The molecule has 0 aliphatic heterocycles. The van der Waals surface area contributed by atoms with Crippen molar-refractivity contribution in [1.29, 1.82) is 0 Å². The molecule has 2 nitrogen and oxygen atoms in total. The Labute approximate surface area is 72.2 Å². The quantitative estimate of drug-likeness (QED) is 0.617. The molecule has 0 radical (unpaired) electrons. The number of rotatable bonds is 3. The Morgan fingerprint density at radius 3 is 2.55 bits per heavy atom. The Morgan fingerprint density at radius 1 is 1.64 bits per heavy atom. The summed E-state index contributed by atoms with van der Waals surface area (Å²) in [6.45, 7) is 5.69. The first-order valence-corrected chi connectivity index (χ1v) is 3.93. The van der Waals surface area contributed by atoms with Gasteiger partial charge in [-0.1, -0.05) is 17.7 Å². The van der Waals surface area contributed by atoms with E-state index >= 15 is 0 Å². The molecule has 0 aromatic rings. The topological polar surface area (TPSA) is 26.3 Å². The second-order valence-corrected chi connectivity index (χ2v) is 2.99. The van der Waals surface area contributed by atoms with Gasteiger partial charge < -0.3 is 4.74 Å². The fraction of sp³-hybridized carbons (Fsp3) is 0.625. The molecule has 3 heteroatoms. The Kier molecular flexibility index (Phi) is 4.19. The summed E-state index contributed by atoms with van der Waals surface area (Å²) in [5.74, 6) is -0.253. The molecule has 0 aliphatic rings. The van der Waals surface area contributed by atoms with Crippen LogP contribution in [0, 0.1) is 5.41 Å². The number of halogens is 1. The zero-order valence-corrected chi connectivity index (χ0v) is 7.81. The van der Waals surface area contributed by atoms with Crippen LogP contribution < -0.4 is 0 Å². The summed E-state index contributed by atoms with van der Waals surface area (Å²) >= 11 is 5.34. The number of carbonyl (C=O) groups excluding carboxylic acids is 1. The molecule has 0 heterocycles. The van der Waals surface area contributed by atoms with Crippen molar-refractivity contribution in [3.63, 3.8) is 0 Å². The molecular weight excluding hydrogens is 164 g/mol. The average molecular weight is 177 g/mol. The summed E-state index contributed by atoms with van der Waals surface area (Å²) in [7, 11) is 0. The van der Waals surface area contributed by atoms with Gasteiger partial charge in [0.15, 0.2) is 0 Å². The molecule has 0 saturated carbocycles. The van der Waals surface area contributed by atoms with E-state index in [1.807, 2.05) is 0 Å². The highest BCUT2D eigenvalue weighted by molar-refractivity contribution is 6.25. The minimum atomic E-state index is -0.613. The van der Waals surface area contributed by atoms with E-state index in [0.29, 0.717) is 6.61 Å². The third-order valence-electron chi connectivity index (χ3n) is 1.28. The summed E-state index contributed by atoms with van der Waals surface area (Å²) < 4.78 is 4.81. The number of carbonyl (C=O) groups is 1. The van der Waals surface area contributed by atoms with Crippen molar-refractivity contribution in [3.8, 4) is 0 Å². The van der Waals surface area contributed by atoms with Crippen molar-refractivity contribution < 1.29 is 9.53 Å². The summed E-state index contributed by atoms with van der Waals surface area (Å²) in [5.41, 5.74) is 0.717. The number of hydrogen-bond donors (Lipinski definition) is 0. The second-order valence-electron chi connectivity index (χ2n) is 2.73. The molecule has 0 atom stereocenters. The van der Waals surface area contributed by atoms with Gasteiger partial charge >= 0.3 is 5.97 Å². The van der Waals surface area contributed by atoms with Crippen LogP contribution >= 0.6 is 11.6 Å². The van der Waals surface area contributed by atoms with Gasteiger partial charge in [-0.2, -0.15) is 0 Å². The van der Waals surface area contributed by atoms with Crippen LogP contribution in [0.25, 0.3) is 0 Å². The Morgan fingerprint density at radius 2 is 2.18 bits per heavy atom. The Balaban J connectivity index is 4.17. The lowest BCUT2D eigenvalue weighted by molar-refractivity contribution is -0.150. The van der Waals surface area contributed by atoms with Gasteiger partial charge in [-0.15, -0.1) is 0 Å². The highest BCUT2D eigenvalue weighted by Crippen LogP contribution is 2.19. The highest BCUT2D eigenvalue weighted by Gasteiger charge is 2.25. The number of esters is 1. The molecular formula is C8H13ClO2. The van der Waals surface area contributed by atoms with Gasteiger partial charge in [0.2, 0.25) is 0 Å². The van der Waals surface area contributed by atoms with E-state index in [1.165, 1.54) is 5.54 Å². The zero-order chi connectivity index (χ0) is 8.91. The third kappa shape index (κ3) is 3.42. The lowest BCUT2D eigenvalue weighted by Gasteiger charge is -2.16. The third-order valence-corrected chi connectivity index (χ3v) is 1.41. The predicted octanol–water partition coefficient (Wildman–Crippen LogP) is 2.33. The molecule has 0 N–H and O–H groups in total. The lowest BCUT2D eigenvalue weighted by atomic mass is 9.94. The fourth-order valence-electron chi connectivity index (χ4n) is 0.543. The maximum Gasteiger partial charge on any atom is 0.315 e. The van der Waals surface area contributed by atoms with Crippen molar-refractivity contribution in [2.45, 2.75) is 20.8 Å². The first kappa shape index (κ1) is 10.5. The largest absolute Gasteiger partial charge is 0.465 e. The van der Waals surface area contributed by atoms with E-state index in [-0.39, 0.29) is 5.97 Å². The number of ether oxygens (including phenoxy) is 1. The van der Waals surface area contributed by atoms with Gasteiger partial charge in [0.25, 0.3) is 0 Å². The highest BCUT2D eigenvalue weighted by atomic mass is 35.5. The molecule has 0 rings (SSSR count). The standard InChI is InChI=1S/C8H13ClO2/c1-4-11-7(10)8(2,3)5-6-9/h5-6H,4H2,1-3H3. The fourth-order valence-corrected chi connectivity index (χ4v) is 0.858. The maximum absolute atomic E-state index is 11.1. The van der Waals surface area contributed by atoms with Crippen molar-refractivity contribution >= 4 is 17.6 Å². The molecule has 0 aromatic carbocycles. The lowest BCUT2D eigenvalue weighted by Crippen LogP contribution is -2.24. The Hall–Kier alpha value is -0.500. The van der Waals surface area contributed by atoms with E-state index in [9.17, 15) is 4.79 Å². The minimum absolute atomic E-state index is 0.253. The number of hydrogen-bond acceptors (Lipinski definition) is 2. The van der Waals surface area contributed by atoms with E-state index in [1.54, 1.807) is 26.8 Å². The van der Waals surface area contributed by atoms with E-state index in [4.69, 9.17) is 16.3 Å². The molecule has 0 spiro atoms. The first-order valence-electron chi connectivity index (χ1n) is 3.49. The molecule has 0 unspecified atom stereocenters. The molecule has 0 aliphatic carbocycles. The molecule has 0 bridgehead atoms. The molecule has 0 fully saturated rings. The molecule has 64 valence electrons. The SMILES string of the molecule is CCOC(=O)C(C)(C)C=CCl. The van der Waals surface area contributed by atoms with E-state index < -0.39 is 5.41 Å². The summed E-state index contributed by atoms with van der Waals surface area (Å²) in [4.78, 5) is 11.1. The van der Waals surface area contributed by atoms with Gasteiger partial charge in [0, 0.05) is 5.54 Å². The minimum Gasteiger partial charge on any atom is -0.465 e. The smallest absolute Gasteiger partial charge is 0.315 e. The van der Waals surface area contributed by atoms with Gasteiger partial charge in [-0.3, -0.25) is 4.79 Å². The van der Waals surface area contributed by atoms with Gasteiger partial charge in [-0.25, -0.2) is 0 Å². The second kappa shape index (κ2) is 4.39. The summed E-state index contributed by atoms with van der Waals surface area (Å²) in [6, 6.07) is 0. The summed E-state index contributed by atoms with van der Waals surface area (Å²) in [6.07, 6.45) is 1.60. The van der Waals surface area contributed by atoms with Crippen molar-refractivity contribution in [2.75, 3.05) is 6.61 Å². The van der Waals surface area contributed by atoms with E-state index in [2.05, 4.69) is 0 Å².